The molecule has 6 nitrogen and oxygen atoms in total. The van der Waals surface area contributed by atoms with E-state index in [2.05, 4.69) is 15.3 Å². The second kappa shape index (κ2) is 8.44. The van der Waals surface area contributed by atoms with Gasteiger partial charge in [-0.1, -0.05) is 37.7 Å². The van der Waals surface area contributed by atoms with E-state index in [0.717, 1.165) is 17.3 Å². The SMILES string of the molecule is CC(C)C(NC(=O)CSc1ncc(C#N)c(N)n1)c1ccc(F)cc1. The lowest BCUT2D eigenvalue weighted by Crippen LogP contribution is -2.33. The van der Waals surface area contributed by atoms with Crippen LogP contribution in [0.1, 0.15) is 31.0 Å². The molecule has 0 fully saturated rings. The van der Waals surface area contributed by atoms with Crippen molar-refractivity contribution in [2.24, 2.45) is 5.92 Å². The number of anilines is 1. The van der Waals surface area contributed by atoms with Crippen LogP contribution in [0.25, 0.3) is 0 Å². The summed E-state index contributed by atoms with van der Waals surface area (Å²) in [5, 5.41) is 12.1. The highest BCUT2D eigenvalue weighted by Gasteiger charge is 2.19. The van der Waals surface area contributed by atoms with Crippen LogP contribution in [0.5, 0.6) is 0 Å². The molecule has 1 aromatic heterocycles. The standard InChI is InChI=1S/C17H18FN5OS/c1-10(2)15(11-3-5-13(18)6-4-11)22-14(24)9-25-17-21-8-12(7-19)16(20)23-17/h3-6,8,10,15H,9H2,1-2H3,(H,22,24)(H2,20,21,23). The average molecular weight is 359 g/mol. The molecule has 0 aliphatic heterocycles. The Morgan fingerprint density at radius 3 is 2.64 bits per heavy atom. The lowest BCUT2D eigenvalue weighted by Gasteiger charge is -2.22. The zero-order valence-corrected chi connectivity index (χ0v) is 14.7. The summed E-state index contributed by atoms with van der Waals surface area (Å²) in [4.78, 5) is 20.2. The lowest BCUT2D eigenvalue weighted by molar-refractivity contribution is -0.119. The second-order valence-electron chi connectivity index (χ2n) is 5.69. The number of hydrogen-bond donors (Lipinski definition) is 2. The summed E-state index contributed by atoms with van der Waals surface area (Å²) < 4.78 is 13.1. The predicted octanol–water partition coefficient (Wildman–Crippen LogP) is 2.68. The predicted molar refractivity (Wildman–Crippen MR) is 94.0 cm³/mol. The van der Waals surface area contributed by atoms with Gasteiger partial charge in [0.05, 0.1) is 18.0 Å². The summed E-state index contributed by atoms with van der Waals surface area (Å²) in [7, 11) is 0. The Morgan fingerprint density at radius 2 is 2.08 bits per heavy atom. The number of carbonyl (C=O) groups is 1. The maximum absolute atomic E-state index is 13.1. The normalized spacial score (nSPS) is 11.8. The van der Waals surface area contributed by atoms with Crippen molar-refractivity contribution in [3.8, 4) is 6.07 Å². The van der Waals surface area contributed by atoms with Crippen LogP contribution in [-0.2, 0) is 4.79 Å². The van der Waals surface area contributed by atoms with Gasteiger partial charge in [-0.25, -0.2) is 14.4 Å². The van der Waals surface area contributed by atoms with Gasteiger partial charge in [-0.05, 0) is 23.6 Å². The van der Waals surface area contributed by atoms with E-state index in [4.69, 9.17) is 11.0 Å². The fourth-order valence-corrected chi connectivity index (χ4v) is 2.82. The van der Waals surface area contributed by atoms with Crippen molar-refractivity contribution in [1.29, 1.82) is 5.26 Å². The van der Waals surface area contributed by atoms with Gasteiger partial charge in [0.1, 0.15) is 23.3 Å². The van der Waals surface area contributed by atoms with Crippen molar-refractivity contribution in [1.82, 2.24) is 15.3 Å². The molecule has 8 heteroatoms. The highest BCUT2D eigenvalue weighted by molar-refractivity contribution is 7.99. The van der Waals surface area contributed by atoms with Gasteiger partial charge in [0.15, 0.2) is 5.16 Å². The van der Waals surface area contributed by atoms with Crippen LogP contribution in [0.3, 0.4) is 0 Å². The van der Waals surface area contributed by atoms with Crippen LogP contribution in [0, 0.1) is 23.1 Å². The number of nitrogens with zero attached hydrogens (tertiary/aromatic N) is 3. The fraction of sp³-hybridized carbons (Fsp3) is 0.294. The average Bonchev–Trinajstić information content (AvgIpc) is 2.58. The quantitative estimate of drug-likeness (QED) is 0.607. The second-order valence-corrected chi connectivity index (χ2v) is 6.64. The van der Waals surface area contributed by atoms with Crippen molar-refractivity contribution in [3.05, 3.63) is 47.4 Å². The number of benzene rings is 1. The number of aromatic nitrogens is 2. The van der Waals surface area contributed by atoms with Crippen LogP contribution in [-0.4, -0.2) is 21.6 Å². The molecular weight excluding hydrogens is 341 g/mol. The molecule has 0 aliphatic rings. The molecule has 130 valence electrons. The number of amides is 1. The molecule has 1 amide bonds. The topological polar surface area (TPSA) is 105 Å². The molecule has 0 spiro atoms. The van der Waals surface area contributed by atoms with E-state index in [9.17, 15) is 9.18 Å². The van der Waals surface area contributed by atoms with Gasteiger partial charge in [-0.15, -0.1) is 0 Å². The number of nitrogen functional groups attached to an aromatic ring is 1. The Balaban J connectivity index is 1.99. The van der Waals surface area contributed by atoms with Crippen molar-refractivity contribution < 1.29 is 9.18 Å². The number of hydrogen-bond acceptors (Lipinski definition) is 6. The first-order valence-corrected chi connectivity index (χ1v) is 8.59. The van der Waals surface area contributed by atoms with E-state index in [1.54, 1.807) is 12.1 Å². The number of thioether (sulfide) groups is 1. The van der Waals surface area contributed by atoms with E-state index in [1.807, 2.05) is 19.9 Å². The van der Waals surface area contributed by atoms with Gasteiger partial charge in [0, 0.05) is 0 Å². The van der Waals surface area contributed by atoms with Crippen LogP contribution in [0.2, 0.25) is 0 Å². The van der Waals surface area contributed by atoms with Gasteiger partial charge in [0.25, 0.3) is 0 Å². The third-order valence-electron chi connectivity index (χ3n) is 3.46. The zero-order valence-electron chi connectivity index (χ0n) is 13.9. The first-order chi connectivity index (χ1) is 11.9. The minimum absolute atomic E-state index is 0.0896. The van der Waals surface area contributed by atoms with Crippen LogP contribution < -0.4 is 11.1 Å². The maximum Gasteiger partial charge on any atom is 0.230 e. The third kappa shape index (κ3) is 5.16. The monoisotopic (exact) mass is 359 g/mol. The molecule has 0 saturated heterocycles. The first kappa shape index (κ1) is 18.7. The van der Waals surface area contributed by atoms with E-state index in [1.165, 1.54) is 18.3 Å². The highest BCUT2D eigenvalue weighted by Crippen LogP contribution is 2.23. The molecule has 25 heavy (non-hydrogen) atoms. The highest BCUT2D eigenvalue weighted by atomic mass is 32.2. The van der Waals surface area contributed by atoms with Gasteiger partial charge in [-0.2, -0.15) is 5.26 Å². The van der Waals surface area contributed by atoms with Crippen molar-refractivity contribution in [3.63, 3.8) is 0 Å². The van der Waals surface area contributed by atoms with Gasteiger partial charge >= 0.3 is 0 Å². The summed E-state index contributed by atoms with van der Waals surface area (Å²) in [5.41, 5.74) is 6.67. The Kier molecular flexibility index (Phi) is 6.31. The lowest BCUT2D eigenvalue weighted by atomic mass is 9.96. The van der Waals surface area contributed by atoms with Crippen molar-refractivity contribution >= 4 is 23.5 Å². The van der Waals surface area contributed by atoms with Crippen molar-refractivity contribution in [2.75, 3.05) is 11.5 Å². The van der Waals surface area contributed by atoms with Gasteiger partial charge < -0.3 is 11.1 Å². The number of nitriles is 1. The first-order valence-electron chi connectivity index (χ1n) is 7.61. The summed E-state index contributed by atoms with van der Waals surface area (Å²) >= 11 is 1.13. The van der Waals surface area contributed by atoms with E-state index in [0.29, 0.717) is 5.16 Å². The Bertz CT molecular complexity index is 789. The van der Waals surface area contributed by atoms with Crippen LogP contribution >= 0.6 is 11.8 Å². The minimum Gasteiger partial charge on any atom is -0.382 e. The van der Waals surface area contributed by atoms with E-state index in [-0.39, 0.29) is 40.8 Å². The number of carbonyl (C=O) groups excluding carboxylic acids is 1. The molecule has 0 aliphatic carbocycles. The Morgan fingerprint density at radius 1 is 1.40 bits per heavy atom. The molecule has 1 aromatic carbocycles. The molecule has 1 unspecified atom stereocenters. The summed E-state index contributed by atoms with van der Waals surface area (Å²) in [5.74, 6) is -0.174. The minimum atomic E-state index is -0.316. The smallest absolute Gasteiger partial charge is 0.230 e. The maximum atomic E-state index is 13.1. The van der Waals surface area contributed by atoms with E-state index >= 15 is 0 Å². The molecule has 0 saturated carbocycles. The molecule has 2 aromatic rings. The summed E-state index contributed by atoms with van der Waals surface area (Å²) in [6, 6.07) is 7.74. The fourth-order valence-electron chi connectivity index (χ4n) is 2.18. The largest absolute Gasteiger partial charge is 0.382 e. The van der Waals surface area contributed by atoms with Crippen molar-refractivity contribution in [2.45, 2.75) is 25.0 Å². The van der Waals surface area contributed by atoms with Gasteiger partial charge in [-0.3, -0.25) is 4.79 Å². The zero-order chi connectivity index (χ0) is 18.4. The van der Waals surface area contributed by atoms with Crippen LogP contribution in [0.4, 0.5) is 10.2 Å². The number of rotatable bonds is 6. The Hall–Kier alpha value is -2.66. The van der Waals surface area contributed by atoms with Crippen LogP contribution in [0.15, 0.2) is 35.6 Å². The molecule has 3 N–H and O–H groups in total. The number of halogens is 1. The molecule has 1 heterocycles. The van der Waals surface area contributed by atoms with Gasteiger partial charge in [0.2, 0.25) is 5.91 Å². The summed E-state index contributed by atoms with van der Waals surface area (Å²) in [6.07, 6.45) is 1.33. The van der Waals surface area contributed by atoms with E-state index < -0.39 is 0 Å². The molecule has 0 bridgehead atoms. The molecule has 2 rings (SSSR count). The third-order valence-corrected chi connectivity index (χ3v) is 4.32. The number of nitrogens with two attached hydrogens (primary N) is 1. The summed E-state index contributed by atoms with van der Waals surface area (Å²) in [6.45, 7) is 3.96. The Labute approximate surface area is 149 Å². The molecule has 1 atom stereocenters. The molecular formula is C17H18FN5OS. The molecule has 0 radical (unpaired) electrons. The number of nitrogens with one attached hydrogen (secondary N) is 1.